The van der Waals surface area contributed by atoms with Gasteiger partial charge in [0, 0.05) is 23.5 Å². The predicted molar refractivity (Wildman–Crippen MR) is 132 cm³/mol. The number of ether oxygens (including phenoxy) is 1. The number of urea groups is 1. The van der Waals surface area contributed by atoms with E-state index in [2.05, 4.69) is 5.32 Å². The largest absolute Gasteiger partial charge is 0.497 e. The van der Waals surface area contributed by atoms with Crippen LogP contribution < -0.4 is 15.0 Å². The number of carbonyl (C=O) groups is 2. The normalized spacial score (nSPS) is 18.8. The number of nitrogens with zero attached hydrogens (tertiary/aromatic N) is 2. The molecule has 0 bridgehead atoms. The van der Waals surface area contributed by atoms with E-state index in [0.29, 0.717) is 40.5 Å². The first-order valence-corrected chi connectivity index (χ1v) is 12.1. The van der Waals surface area contributed by atoms with Crippen LogP contribution in [0.5, 0.6) is 5.75 Å². The lowest BCUT2D eigenvalue weighted by molar-refractivity contribution is -0.123. The van der Waals surface area contributed by atoms with Crippen LogP contribution in [0.4, 0.5) is 25.0 Å². The number of anilines is 2. The first-order chi connectivity index (χ1) is 16.8. The standard InChI is InChI=1S/C26H23F2N3O3S/c1-16-3-6-18(7-4-16)29-25(33)31-11-12-35-26(31)20-14-19(34-2)8-10-23(20)30(24(26)32)15-17-5-9-21(27)22(28)13-17/h3-10,13-14H,11-12,15H2,1-2H3,(H,29,33). The van der Waals surface area contributed by atoms with Gasteiger partial charge in [0.2, 0.25) is 0 Å². The van der Waals surface area contributed by atoms with E-state index in [9.17, 15) is 18.4 Å². The molecule has 1 atom stereocenters. The van der Waals surface area contributed by atoms with E-state index < -0.39 is 22.5 Å². The number of aryl methyl sites for hydroxylation is 1. The SMILES string of the molecule is COc1ccc2c(c1)C1(SCCN1C(=O)Nc1ccc(C)cc1)C(=O)N2Cc1ccc(F)c(F)c1. The number of methoxy groups -OCH3 is 1. The Morgan fingerprint density at radius 3 is 2.57 bits per heavy atom. The molecule has 2 aliphatic heterocycles. The molecule has 6 nitrogen and oxygen atoms in total. The summed E-state index contributed by atoms with van der Waals surface area (Å²) in [7, 11) is 1.54. The summed E-state index contributed by atoms with van der Waals surface area (Å²) in [5.41, 5.74) is 3.36. The Morgan fingerprint density at radius 1 is 1.09 bits per heavy atom. The minimum atomic E-state index is -1.29. The van der Waals surface area contributed by atoms with Crippen LogP contribution in [-0.4, -0.2) is 36.2 Å². The van der Waals surface area contributed by atoms with Gasteiger partial charge in [0.1, 0.15) is 5.75 Å². The molecule has 1 spiro atoms. The summed E-state index contributed by atoms with van der Waals surface area (Å²) < 4.78 is 32.8. The maximum atomic E-state index is 14.0. The second-order valence-electron chi connectivity index (χ2n) is 8.46. The third-order valence-corrected chi connectivity index (χ3v) is 7.69. The molecule has 3 amide bonds. The number of benzene rings is 3. The van der Waals surface area contributed by atoms with Gasteiger partial charge in [0.05, 0.1) is 19.3 Å². The number of rotatable bonds is 4. The highest BCUT2D eigenvalue weighted by molar-refractivity contribution is 8.01. The molecule has 2 heterocycles. The second kappa shape index (κ2) is 8.88. The van der Waals surface area contributed by atoms with E-state index in [1.165, 1.54) is 29.8 Å². The van der Waals surface area contributed by atoms with Gasteiger partial charge in [-0.15, -0.1) is 11.8 Å². The van der Waals surface area contributed by atoms with Gasteiger partial charge in [-0.1, -0.05) is 23.8 Å². The van der Waals surface area contributed by atoms with Crippen LogP contribution in [0.2, 0.25) is 0 Å². The fourth-order valence-electron chi connectivity index (χ4n) is 4.53. The van der Waals surface area contributed by atoms with Crippen molar-refractivity contribution in [2.75, 3.05) is 29.6 Å². The van der Waals surface area contributed by atoms with Crippen LogP contribution in [0.15, 0.2) is 60.7 Å². The fraction of sp³-hybridized carbons (Fsp3) is 0.231. The van der Waals surface area contributed by atoms with E-state index in [-0.39, 0.29) is 12.5 Å². The first kappa shape index (κ1) is 23.2. The van der Waals surface area contributed by atoms with Crippen molar-refractivity contribution in [3.8, 4) is 5.75 Å². The average Bonchev–Trinajstić information content (AvgIpc) is 3.40. The minimum Gasteiger partial charge on any atom is -0.497 e. The van der Waals surface area contributed by atoms with Crippen LogP contribution in [-0.2, 0) is 16.2 Å². The van der Waals surface area contributed by atoms with E-state index in [0.717, 1.165) is 17.7 Å². The topological polar surface area (TPSA) is 61.9 Å². The molecule has 3 aromatic rings. The van der Waals surface area contributed by atoms with E-state index >= 15 is 0 Å². The Balaban J connectivity index is 1.54. The summed E-state index contributed by atoms with van der Waals surface area (Å²) in [5.74, 6) is -1.13. The second-order valence-corrected chi connectivity index (χ2v) is 9.75. The highest BCUT2D eigenvalue weighted by atomic mass is 32.2. The van der Waals surface area contributed by atoms with Crippen LogP contribution in [0.25, 0.3) is 0 Å². The third kappa shape index (κ3) is 3.89. The zero-order valence-corrected chi connectivity index (χ0v) is 20.0. The van der Waals surface area contributed by atoms with Gasteiger partial charge in [-0.3, -0.25) is 9.69 Å². The van der Waals surface area contributed by atoms with E-state index in [1.54, 1.807) is 23.1 Å². The van der Waals surface area contributed by atoms with Crippen molar-refractivity contribution in [1.29, 1.82) is 0 Å². The predicted octanol–water partition coefficient (Wildman–Crippen LogP) is 5.26. The van der Waals surface area contributed by atoms with Crippen molar-refractivity contribution < 1.29 is 23.1 Å². The molecule has 35 heavy (non-hydrogen) atoms. The van der Waals surface area contributed by atoms with Gasteiger partial charge < -0.3 is 15.0 Å². The first-order valence-electron chi connectivity index (χ1n) is 11.1. The van der Waals surface area contributed by atoms with Crippen LogP contribution in [0.3, 0.4) is 0 Å². The zero-order chi connectivity index (χ0) is 24.7. The number of nitrogens with one attached hydrogen (secondary N) is 1. The Hall–Kier alpha value is -3.59. The summed E-state index contributed by atoms with van der Waals surface area (Å²) in [6.07, 6.45) is 0. The number of carbonyl (C=O) groups excluding carboxylic acids is 2. The number of amides is 3. The molecule has 2 aliphatic rings. The van der Waals surface area contributed by atoms with Crippen molar-refractivity contribution in [1.82, 2.24) is 4.90 Å². The number of fused-ring (bicyclic) bond motifs is 2. The molecule has 0 saturated carbocycles. The average molecular weight is 496 g/mol. The summed E-state index contributed by atoms with van der Waals surface area (Å²) in [6, 6.07) is 15.9. The molecule has 0 radical (unpaired) electrons. The zero-order valence-electron chi connectivity index (χ0n) is 19.2. The number of hydrogen-bond donors (Lipinski definition) is 1. The van der Waals surface area contributed by atoms with Crippen molar-refractivity contribution in [3.05, 3.63) is 89.0 Å². The van der Waals surface area contributed by atoms with Crippen molar-refractivity contribution >= 4 is 35.1 Å². The molecule has 1 N–H and O–H groups in total. The van der Waals surface area contributed by atoms with Crippen LogP contribution >= 0.6 is 11.8 Å². The summed E-state index contributed by atoms with van der Waals surface area (Å²) in [5, 5.41) is 2.90. The molecule has 1 fully saturated rings. The van der Waals surface area contributed by atoms with Crippen molar-refractivity contribution in [2.45, 2.75) is 18.3 Å². The van der Waals surface area contributed by atoms with Crippen LogP contribution in [0, 0.1) is 18.6 Å². The van der Waals surface area contributed by atoms with Crippen LogP contribution in [0.1, 0.15) is 16.7 Å². The lowest BCUT2D eigenvalue weighted by atomic mass is 10.1. The molecule has 1 saturated heterocycles. The van der Waals surface area contributed by atoms with E-state index in [4.69, 9.17) is 4.74 Å². The molecule has 1 unspecified atom stereocenters. The fourth-order valence-corrected chi connectivity index (χ4v) is 5.98. The Bertz CT molecular complexity index is 1320. The van der Waals surface area contributed by atoms with Gasteiger partial charge in [-0.05, 0) is 55.0 Å². The summed E-state index contributed by atoms with van der Waals surface area (Å²) >= 11 is 1.38. The molecular formula is C26H23F2N3O3S. The monoisotopic (exact) mass is 495 g/mol. The Labute approximate surface area is 205 Å². The minimum absolute atomic E-state index is 0.0328. The lowest BCUT2D eigenvalue weighted by Gasteiger charge is -2.33. The number of hydrogen-bond acceptors (Lipinski definition) is 4. The molecule has 3 aromatic carbocycles. The van der Waals surface area contributed by atoms with Gasteiger partial charge in [0.15, 0.2) is 16.5 Å². The Kier molecular flexibility index (Phi) is 5.88. The quantitative estimate of drug-likeness (QED) is 0.536. The number of thioether (sulfide) groups is 1. The third-order valence-electron chi connectivity index (χ3n) is 6.27. The summed E-state index contributed by atoms with van der Waals surface area (Å²) in [6.45, 7) is 2.36. The molecule has 5 rings (SSSR count). The number of halogens is 2. The molecule has 9 heteroatoms. The molecule has 180 valence electrons. The van der Waals surface area contributed by atoms with Gasteiger partial charge in [-0.2, -0.15) is 0 Å². The van der Waals surface area contributed by atoms with E-state index in [1.807, 2.05) is 31.2 Å². The van der Waals surface area contributed by atoms with Gasteiger partial charge >= 0.3 is 6.03 Å². The molecular weight excluding hydrogens is 472 g/mol. The van der Waals surface area contributed by atoms with Gasteiger partial charge in [-0.25, -0.2) is 13.6 Å². The molecule has 0 aromatic heterocycles. The van der Waals surface area contributed by atoms with Gasteiger partial charge in [0.25, 0.3) is 5.91 Å². The smallest absolute Gasteiger partial charge is 0.323 e. The Morgan fingerprint density at radius 2 is 1.86 bits per heavy atom. The molecule has 0 aliphatic carbocycles. The van der Waals surface area contributed by atoms with Crippen molar-refractivity contribution in [3.63, 3.8) is 0 Å². The summed E-state index contributed by atoms with van der Waals surface area (Å²) in [4.78, 5) is 29.2. The lowest BCUT2D eigenvalue weighted by Crippen LogP contribution is -2.51. The highest BCUT2D eigenvalue weighted by Gasteiger charge is 2.59. The van der Waals surface area contributed by atoms with Crippen molar-refractivity contribution in [2.24, 2.45) is 0 Å². The maximum absolute atomic E-state index is 14.0. The maximum Gasteiger partial charge on any atom is 0.323 e. The highest BCUT2D eigenvalue weighted by Crippen LogP contribution is 2.55.